The Bertz CT molecular complexity index is 481. The first kappa shape index (κ1) is 11.7. The number of aromatic nitrogens is 3. The average Bonchev–Trinajstić information content (AvgIpc) is 2.74. The van der Waals surface area contributed by atoms with Crippen LogP contribution >= 0.6 is 0 Å². The van der Waals surface area contributed by atoms with Gasteiger partial charge in [-0.15, -0.1) is 10.2 Å². The summed E-state index contributed by atoms with van der Waals surface area (Å²) in [5.74, 6) is 1.40. The minimum atomic E-state index is -0.246. The van der Waals surface area contributed by atoms with E-state index in [0.717, 1.165) is 36.9 Å². The summed E-state index contributed by atoms with van der Waals surface area (Å²) in [6.07, 6.45) is 4.74. The molecule has 1 aromatic heterocycles. The first-order chi connectivity index (χ1) is 8.22. The highest BCUT2D eigenvalue weighted by atomic mass is 19.1. The van der Waals surface area contributed by atoms with Crippen LogP contribution in [0.25, 0.3) is 5.57 Å². The minimum absolute atomic E-state index is 0.246. The Morgan fingerprint density at radius 2 is 2.29 bits per heavy atom. The second-order valence-corrected chi connectivity index (χ2v) is 3.85. The third kappa shape index (κ3) is 2.50. The molecule has 4 nitrogen and oxygen atoms in total. The van der Waals surface area contributed by atoms with Gasteiger partial charge >= 0.3 is 0 Å². The third-order valence-corrected chi connectivity index (χ3v) is 2.59. The van der Waals surface area contributed by atoms with Gasteiger partial charge in [0.2, 0.25) is 0 Å². The number of halogens is 1. The zero-order valence-corrected chi connectivity index (χ0v) is 9.78. The van der Waals surface area contributed by atoms with Gasteiger partial charge in [-0.1, -0.05) is 12.7 Å². The Hall–Kier alpha value is -1.75. The fourth-order valence-corrected chi connectivity index (χ4v) is 1.74. The smallest absolute Gasteiger partial charge is 0.164 e. The fraction of sp³-hybridized carbons (Fsp3) is 0.333. The van der Waals surface area contributed by atoms with E-state index in [4.69, 9.17) is 0 Å². The molecule has 90 valence electrons. The lowest BCUT2D eigenvalue weighted by molar-refractivity contribution is 0.503. The molecule has 0 radical (unpaired) electrons. The number of hydrogen-bond donors (Lipinski definition) is 1. The van der Waals surface area contributed by atoms with E-state index in [1.54, 1.807) is 12.2 Å². The van der Waals surface area contributed by atoms with Gasteiger partial charge in [0.15, 0.2) is 5.82 Å². The number of fused-ring (bicyclic) bond motifs is 1. The third-order valence-electron chi connectivity index (χ3n) is 2.59. The Labute approximate surface area is 99.5 Å². The predicted molar refractivity (Wildman–Crippen MR) is 64.8 cm³/mol. The highest BCUT2D eigenvalue weighted by Crippen LogP contribution is 2.17. The average molecular weight is 234 g/mol. The molecule has 5 heteroatoms. The number of hydrogen-bond acceptors (Lipinski definition) is 3. The van der Waals surface area contributed by atoms with E-state index in [9.17, 15) is 4.39 Å². The van der Waals surface area contributed by atoms with E-state index >= 15 is 0 Å². The summed E-state index contributed by atoms with van der Waals surface area (Å²) in [4.78, 5) is 0. The van der Waals surface area contributed by atoms with Gasteiger partial charge in [-0.25, -0.2) is 4.39 Å². The van der Waals surface area contributed by atoms with Crippen LogP contribution in [-0.4, -0.2) is 21.3 Å². The number of nitrogens with zero attached hydrogens (tertiary/aromatic N) is 3. The van der Waals surface area contributed by atoms with Crippen molar-refractivity contribution in [2.75, 3.05) is 6.54 Å². The van der Waals surface area contributed by atoms with Gasteiger partial charge in [-0.2, -0.15) is 0 Å². The summed E-state index contributed by atoms with van der Waals surface area (Å²) in [6, 6.07) is 0. The summed E-state index contributed by atoms with van der Waals surface area (Å²) in [5, 5.41) is 11.4. The van der Waals surface area contributed by atoms with Crippen LogP contribution in [0.2, 0.25) is 0 Å². The largest absolute Gasteiger partial charge is 0.309 e. The maximum atomic E-state index is 12.7. The Kier molecular flexibility index (Phi) is 3.49. The molecule has 2 rings (SSSR count). The lowest BCUT2D eigenvalue weighted by Gasteiger charge is -2.16. The van der Waals surface area contributed by atoms with Gasteiger partial charge < -0.3 is 9.88 Å². The summed E-state index contributed by atoms with van der Waals surface area (Å²) in [6.45, 7) is 7.56. The van der Waals surface area contributed by atoms with Crippen LogP contribution in [0.5, 0.6) is 0 Å². The molecular weight excluding hydrogens is 219 g/mol. The molecule has 2 heterocycles. The van der Waals surface area contributed by atoms with E-state index in [2.05, 4.69) is 22.1 Å². The lowest BCUT2D eigenvalue weighted by atomic mass is 10.2. The lowest BCUT2D eigenvalue weighted by Crippen LogP contribution is -2.28. The van der Waals surface area contributed by atoms with Crippen molar-refractivity contribution in [1.82, 2.24) is 20.1 Å². The normalized spacial score (nSPS) is 16.8. The van der Waals surface area contributed by atoms with Crippen LogP contribution in [0.3, 0.4) is 0 Å². The van der Waals surface area contributed by atoms with Crippen molar-refractivity contribution < 1.29 is 4.39 Å². The van der Waals surface area contributed by atoms with Gasteiger partial charge in [-0.3, -0.25) is 0 Å². The maximum absolute atomic E-state index is 12.7. The SMILES string of the molecule is C=C/C(=C\C=C(/C)F)c1nnc2n1CCNC2. The molecule has 0 saturated heterocycles. The molecule has 0 atom stereocenters. The van der Waals surface area contributed by atoms with Gasteiger partial charge in [0.05, 0.1) is 12.4 Å². The molecule has 0 spiro atoms. The molecule has 0 unspecified atom stereocenters. The quantitative estimate of drug-likeness (QED) is 0.811. The molecule has 0 amide bonds. The van der Waals surface area contributed by atoms with Crippen molar-refractivity contribution >= 4 is 5.57 Å². The van der Waals surface area contributed by atoms with Crippen molar-refractivity contribution in [1.29, 1.82) is 0 Å². The first-order valence-corrected chi connectivity index (χ1v) is 5.52. The van der Waals surface area contributed by atoms with E-state index in [-0.39, 0.29) is 5.83 Å². The van der Waals surface area contributed by atoms with Gasteiger partial charge in [0.1, 0.15) is 5.82 Å². The Morgan fingerprint density at radius 1 is 1.47 bits per heavy atom. The molecular formula is C12H15FN4. The molecule has 0 aliphatic carbocycles. The minimum Gasteiger partial charge on any atom is -0.309 e. The summed E-state index contributed by atoms with van der Waals surface area (Å²) in [5.41, 5.74) is 0.780. The van der Waals surface area contributed by atoms with Crippen molar-refractivity contribution in [3.63, 3.8) is 0 Å². The standard InChI is InChI=1S/C12H15FN4/c1-3-10(5-4-9(2)13)12-16-15-11-8-14-6-7-17(11)12/h3-5,14H,1,6-8H2,2H3/b9-4+,10-5+. The van der Waals surface area contributed by atoms with Crippen LogP contribution < -0.4 is 5.32 Å². The summed E-state index contributed by atoms with van der Waals surface area (Å²) in [7, 11) is 0. The second-order valence-electron chi connectivity index (χ2n) is 3.85. The zero-order valence-electron chi connectivity index (χ0n) is 9.78. The zero-order chi connectivity index (χ0) is 12.3. The van der Waals surface area contributed by atoms with E-state index in [1.807, 2.05) is 4.57 Å². The van der Waals surface area contributed by atoms with Crippen LogP contribution in [-0.2, 0) is 13.1 Å². The summed E-state index contributed by atoms with van der Waals surface area (Å²) >= 11 is 0. The molecule has 0 saturated carbocycles. The van der Waals surface area contributed by atoms with Crippen LogP contribution in [0, 0.1) is 0 Å². The number of allylic oxidation sites excluding steroid dienone is 5. The first-order valence-electron chi connectivity index (χ1n) is 5.52. The van der Waals surface area contributed by atoms with Crippen molar-refractivity contribution in [3.05, 3.63) is 42.3 Å². The molecule has 17 heavy (non-hydrogen) atoms. The van der Waals surface area contributed by atoms with Crippen molar-refractivity contribution in [3.8, 4) is 0 Å². The Morgan fingerprint density at radius 3 is 3.00 bits per heavy atom. The molecule has 1 aromatic rings. The highest BCUT2D eigenvalue weighted by Gasteiger charge is 2.16. The van der Waals surface area contributed by atoms with Crippen molar-refractivity contribution in [2.24, 2.45) is 0 Å². The van der Waals surface area contributed by atoms with Gasteiger partial charge in [-0.05, 0) is 19.1 Å². The van der Waals surface area contributed by atoms with Crippen LogP contribution in [0.4, 0.5) is 4.39 Å². The fourth-order valence-electron chi connectivity index (χ4n) is 1.74. The van der Waals surface area contributed by atoms with Gasteiger partial charge in [0, 0.05) is 18.7 Å². The molecule has 1 N–H and O–H groups in total. The molecule has 1 aliphatic rings. The predicted octanol–water partition coefficient (Wildman–Crippen LogP) is 1.82. The van der Waals surface area contributed by atoms with E-state index < -0.39 is 0 Å². The summed E-state index contributed by atoms with van der Waals surface area (Å²) < 4.78 is 14.7. The maximum Gasteiger partial charge on any atom is 0.164 e. The van der Waals surface area contributed by atoms with Crippen molar-refractivity contribution in [2.45, 2.75) is 20.0 Å². The topological polar surface area (TPSA) is 42.7 Å². The van der Waals surface area contributed by atoms with E-state index in [1.165, 1.54) is 13.0 Å². The monoisotopic (exact) mass is 234 g/mol. The van der Waals surface area contributed by atoms with Crippen LogP contribution in [0.1, 0.15) is 18.6 Å². The van der Waals surface area contributed by atoms with Gasteiger partial charge in [0.25, 0.3) is 0 Å². The Balaban J connectivity index is 2.38. The van der Waals surface area contributed by atoms with Crippen LogP contribution in [0.15, 0.2) is 30.6 Å². The molecule has 1 aliphatic heterocycles. The number of rotatable bonds is 3. The highest BCUT2D eigenvalue weighted by molar-refractivity contribution is 5.70. The van der Waals surface area contributed by atoms with E-state index in [0.29, 0.717) is 0 Å². The second kappa shape index (κ2) is 5.05. The molecule has 0 aromatic carbocycles. The number of nitrogens with one attached hydrogen (secondary N) is 1. The molecule has 0 fully saturated rings. The molecule has 0 bridgehead atoms.